The maximum absolute atomic E-state index is 12.2. The molecule has 0 atom stereocenters. The number of aryl methyl sites for hydroxylation is 1. The fourth-order valence-corrected chi connectivity index (χ4v) is 3.09. The van der Waals surface area contributed by atoms with E-state index in [2.05, 4.69) is 0 Å². The molecule has 0 spiro atoms. The van der Waals surface area contributed by atoms with E-state index < -0.39 is 7.94 Å². The molecule has 17 heavy (non-hydrogen) atoms. The van der Waals surface area contributed by atoms with E-state index in [9.17, 15) is 9.69 Å². The standard InChI is InChI=1S/C11H18NO4P/c1-4-15-17(14,16-5-2)9-11(13)10-7-6-8-12(10)3/h6-8H,4-5,9H2,1-3H3. The largest absolute Gasteiger partial charge is 0.631 e. The predicted octanol–water partition coefficient (Wildman–Crippen LogP) is 1.40. The van der Waals surface area contributed by atoms with Gasteiger partial charge in [-0.05, 0) is 26.0 Å². The first kappa shape index (κ1) is 14.3. The van der Waals surface area contributed by atoms with E-state index in [1.54, 1.807) is 43.8 Å². The van der Waals surface area contributed by atoms with E-state index in [4.69, 9.17) is 9.05 Å². The molecule has 1 aromatic heterocycles. The minimum atomic E-state index is -3.30. The van der Waals surface area contributed by atoms with Crippen molar-refractivity contribution in [2.45, 2.75) is 13.8 Å². The van der Waals surface area contributed by atoms with Crippen LogP contribution in [0.3, 0.4) is 0 Å². The Morgan fingerprint density at radius 2 is 2.00 bits per heavy atom. The number of nitrogens with zero attached hydrogens (tertiary/aromatic N) is 1. The van der Waals surface area contributed by atoms with Crippen LogP contribution in [0.1, 0.15) is 24.3 Å². The summed E-state index contributed by atoms with van der Waals surface area (Å²) in [6.45, 7) is 3.96. The summed E-state index contributed by atoms with van der Waals surface area (Å²) in [5.41, 5.74) is 0.504. The Morgan fingerprint density at radius 1 is 1.41 bits per heavy atom. The average Bonchev–Trinajstić information content (AvgIpc) is 2.64. The molecular weight excluding hydrogens is 241 g/mol. The summed E-state index contributed by atoms with van der Waals surface area (Å²) in [4.78, 5) is 24.1. The van der Waals surface area contributed by atoms with Crippen molar-refractivity contribution in [3.63, 3.8) is 0 Å². The normalized spacial score (nSPS) is 11.8. The molecule has 1 aromatic rings. The van der Waals surface area contributed by atoms with Crippen LogP contribution in [-0.2, 0) is 16.1 Å². The van der Waals surface area contributed by atoms with Gasteiger partial charge in [0, 0.05) is 13.2 Å². The number of rotatable bonds is 7. The Hall–Kier alpha value is -0.740. The number of hydrogen-bond acceptors (Lipinski definition) is 4. The molecule has 0 N–H and O–H groups in total. The second kappa shape index (κ2) is 6.26. The number of aromatic nitrogens is 1. The van der Waals surface area contributed by atoms with Crippen LogP contribution in [0.4, 0.5) is 0 Å². The molecule has 0 fully saturated rings. The van der Waals surface area contributed by atoms with Crippen molar-refractivity contribution in [3.8, 4) is 0 Å². The number of ketones is 1. The maximum Gasteiger partial charge on any atom is 0.245 e. The van der Waals surface area contributed by atoms with E-state index in [0.717, 1.165) is 0 Å². The number of carbonyl (C=O) groups is 1. The lowest BCUT2D eigenvalue weighted by molar-refractivity contribution is -0.217. The molecule has 0 aliphatic carbocycles. The number of carbonyl (C=O) groups excluding carboxylic acids is 1. The van der Waals surface area contributed by atoms with Crippen LogP contribution in [0, 0.1) is 0 Å². The van der Waals surface area contributed by atoms with E-state index in [1.807, 2.05) is 0 Å². The van der Waals surface area contributed by atoms with Gasteiger partial charge in [-0.3, -0.25) is 4.79 Å². The fourth-order valence-electron chi connectivity index (χ4n) is 1.53. The SMILES string of the molecule is CCO[P+]([O-])(CC(=O)c1cccn1C)OCC. The fraction of sp³-hybridized carbons (Fsp3) is 0.545. The van der Waals surface area contributed by atoms with Gasteiger partial charge in [-0.1, -0.05) is 0 Å². The molecule has 0 amide bonds. The van der Waals surface area contributed by atoms with Gasteiger partial charge in [0.05, 0.1) is 18.9 Å². The minimum absolute atomic E-state index is 0.216. The minimum Gasteiger partial charge on any atom is -0.631 e. The molecule has 0 saturated heterocycles. The second-order valence-electron chi connectivity index (χ2n) is 3.53. The highest BCUT2D eigenvalue weighted by Crippen LogP contribution is 2.52. The Morgan fingerprint density at radius 3 is 2.41 bits per heavy atom. The van der Waals surface area contributed by atoms with Crippen LogP contribution in [0.2, 0.25) is 0 Å². The summed E-state index contributed by atoms with van der Waals surface area (Å²) in [5, 5.41) is 0. The van der Waals surface area contributed by atoms with Crippen molar-refractivity contribution in [1.29, 1.82) is 0 Å². The lowest BCUT2D eigenvalue weighted by Gasteiger charge is -2.25. The molecule has 0 bridgehead atoms. The van der Waals surface area contributed by atoms with Gasteiger partial charge in [0.15, 0.2) is 6.16 Å². The topological polar surface area (TPSA) is 63.5 Å². The molecule has 0 radical (unpaired) electrons. The summed E-state index contributed by atoms with van der Waals surface area (Å²) in [5.74, 6) is -0.234. The number of hydrogen-bond donors (Lipinski definition) is 0. The van der Waals surface area contributed by atoms with Gasteiger partial charge < -0.3 is 9.46 Å². The Balaban J connectivity index is 2.74. The zero-order chi connectivity index (χ0) is 12.9. The summed E-state index contributed by atoms with van der Waals surface area (Å²) < 4.78 is 11.8. The van der Waals surface area contributed by atoms with Gasteiger partial charge >= 0.3 is 0 Å². The maximum atomic E-state index is 12.2. The third kappa shape index (κ3) is 3.89. The van der Waals surface area contributed by atoms with Crippen LogP contribution in [-0.4, -0.2) is 29.7 Å². The van der Waals surface area contributed by atoms with Crippen molar-refractivity contribution in [3.05, 3.63) is 24.0 Å². The zero-order valence-corrected chi connectivity index (χ0v) is 11.3. The van der Waals surface area contributed by atoms with Crippen molar-refractivity contribution >= 4 is 13.7 Å². The van der Waals surface area contributed by atoms with Crippen molar-refractivity contribution in [2.75, 3.05) is 19.4 Å². The lowest BCUT2D eigenvalue weighted by atomic mass is 10.3. The lowest BCUT2D eigenvalue weighted by Crippen LogP contribution is -2.24. The van der Waals surface area contributed by atoms with Gasteiger partial charge in [0.1, 0.15) is 0 Å². The van der Waals surface area contributed by atoms with E-state index in [-0.39, 0.29) is 25.2 Å². The summed E-state index contributed by atoms with van der Waals surface area (Å²) in [7, 11) is -1.54. The molecule has 0 saturated carbocycles. The van der Waals surface area contributed by atoms with Gasteiger partial charge in [-0.25, -0.2) is 9.05 Å². The average molecular weight is 259 g/mol. The van der Waals surface area contributed by atoms with Gasteiger partial charge in [0.2, 0.25) is 13.7 Å². The Bertz CT molecular complexity index is 371. The van der Waals surface area contributed by atoms with Crippen LogP contribution in [0.5, 0.6) is 0 Å². The van der Waals surface area contributed by atoms with Crippen LogP contribution in [0.15, 0.2) is 18.3 Å². The van der Waals surface area contributed by atoms with E-state index in [1.165, 1.54) is 0 Å². The highest BCUT2D eigenvalue weighted by Gasteiger charge is 2.33. The quantitative estimate of drug-likeness (QED) is 0.548. The van der Waals surface area contributed by atoms with E-state index >= 15 is 0 Å². The van der Waals surface area contributed by atoms with Gasteiger partial charge in [-0.2, -0.15) is 0 Å². The summed E-state index contributed by atoms with van der Waals surface area (Å²) >= 11 is 0. The summed E-state index contributed by atoms with van der Waals surface area (Å²) in [6.07, 6.45) is 1.55. The summed E-state index contributed by atoms with van der Waals surface area (Å²) in [6, 6.07) is 3.45. The third-order valence-electron chi connectivity index (χ3n) is 2.22. The first-order valence-electron chi connectivity index (χ1n) is 5.55. The molecule has 0 aliphatic rings. The predicted molar refractivity (Wildman–Crippen MR) is 64.8 cm³/mol. The second-order valence-corrected chi connectivity index (χ2v) is 5.59. The first-order valence-corrected chi connectivity index (χ1v) is 7.28. The van der Waals surface area contributed by atoms with Gasteiger partial charge in [0.25, 0.3) is 0 Å². The van der Waals surface area contributed by atoms with Crippen LogP contribution in [0.25, 0.3) is 0 Å². The Kier molecular flexibility index (Phi) is 5.28. The highest BCUT2D eigenvalue weighted by atomic mass is 31.2. The molecule has 0 aromatic carbocycles. The van der Waals surface area contributed by atoms with Crippen molar-refractivity contribution in [2.24, 2.45) is 7.05 Å². The monoisotopic (exact) mass is 259 g/mol. The van der Waals surface area contributed by atoms with Crippen molar-refractivity contribution < 1.29 is 18.7 Å². The van der Waals surface area contributed by atoms with Crippen molar-refractivity contribution in [1.82, 2.24) is 4.57 Å². The first-order chi connectivity index (χ1) is 8.02. The smallest absolute Gasteiger partial charge is 0.245 e. The molecule has 0 unspecified atom stereocenters. The highest BCUT2D eigenvalue weighted by molar-refractivity contribution is 7.60. The molecule has 96 valence electrons. The molecule has 1 rings (SSSR count). The Labute approximate surface area is 102 Å². The number of Topliss-reactive ketones (excluding diaryl/α,β-unsaturated/α-hetero) is 1. The molecule has 0 aliphatic heterocycles. The van der Waals surface area contributed by atoms with Gasteiger partial charge in [-0.15, -0.1) is 0 Å². The van der Waals surface area contributed by atoms with Crippen LogP contribution < -0.4 is 4.89 Å². The van der Waals surface area contributed by atoms with Crippen LogP contribution >= 0.6 is 7.94 Å². The third-order valence-corrected chi connectivity index (χ3v) is 4.20. The molecular formula is C11H18NO4P. The zero-order valence-electron chi connectivity index (χ0n) is 10.4. The molecule has 6 heteroatoms. The van der Waals surface area contributed by atoms with E-state index in [0.29, 0.717) is 5.69 Å². The molecule has 1 heterocycles. The molecule has 5 nitrogen and oxygen atoms in total.